The van der Waals surface area contributed by atoms with Crippen molar-refractivity contribution in [3.05, 3.63) is 87.9 Å². The van der Waals surface area contributed by atoms with Crippen LogP contribution in [0.2, 0.25) is 0 Å². The SMILES string of the molecule is CCCCCCn1c2ccccc2c2nnc(N/N=C/c3cc(Br)ccc3OCc3ccc(C)cc3)nc21. The zero-order chi connectivity index (χ0) is 26.3. The predicted molar refractivity (Wildman–Crippen MR) is 158 cm³/mol. The van der Waals surface area contributed by atoms with E-state index < -0.39 is 0 Å². The maximum atomic E-state index is 6.10. The first-order chi connectivity index (χ1) is 18.6. The molecule has 0 spiro atoms. The lowest BCUT2D eigenvalue weighted by atomic mass is 10.1. The van der Waals surface area contributed by atoms with Crippen molar-refractivity contribution < 1.29 is 4.74 Å². The summed E-state index contributed by atoms with van der Waals surface area (Å²) in [6, 6.07) is 22.4. The van der Waals surface area contributed by atoms with Gasteiger partial charge >= 0.3 is 0 Å². The van der Waals surface area contributed by atoms with E-state index >= 15 is 0 Å². The van der Waals surface area contributed by atoms with Crippen molar-refractivity contribution in [3.8, 4) is 5.75 Å². The van der Waals surface area contributed by atoms with Gasteiger partial charge in [-0.15, -0.1) is 10.2 Å². The van der Waals surface area contributed by atoms with E-state index in [1.807, 2.05) is 24.3 Å². The summed E-state index contributed by atoms with van der Waals surface area (Å²) in [5, 5.41) is 14.3. The Bertz CT molecular complexity index is 1560. The highest BCUT2D eigenvalue weighted by molar-refractivity contribution is 9.10. The van der Waals surface area contributed by atoms with E-state index in [0.717, 1.165) is 56.4 Å². The smallest absolute Gasteiger partial charge is 0.265 e. The Labute approximate surface area is 231 Å². The van der Waals surface area contributed by atoms with Crippen molar-refractivity contribution in [2.75, 3.05) is 5.43 Å². The third kappa shape index (κ3) is 6.02. The Kier molecular flexibility index (Phi) is 8.28. The summed E-state index contributed by atoms with van der Waals surface area (Å²) in [7, 11) is 0. The van der Waals surface area contributed by atoms with Crippen LogP contribution >= 0.6 is 15.9 Å². The Balaban J connectivity index is 1.35. The van der Waals surface area contributed by atoms with Crippen LogP contribution in [0.15, 0.2) is 76.3 Å². The summed E-state index contributed by atoms with van der Waals surface area (Å²) >= 11 is 3.54. The summed E-state index contributed by atoms with van der Waals surface area (Å²) < 4.78 is 9.28. The summed E-state index contributed by atoms with van der Waals surface area (Å²) in [4.78, 5) is 4.79. The molecule has 0 saturated carbocycles. The van der Waals surface area contributed by atoms with Crippen molar-refractivity contribution >= 4 is 50.2 Å². The van der Waals surface area contributed by atoms with Gasteiger partial charge in [-0.3, -0.25) is 0 Å². The fourth-order valence-electron chi connectivity index (χ4n) is 4.43. The number of hydrazone groups is 1. The molecule has 3 aromatic carbocycles. The lowest BCUT2D eigenvalue weighted by molar-refractivity contribution is 0.305. The highest BCUT2D eigenvalue weighted by atomic mass is 79.9. The standard InChI is InChI=1S/C30H31BrN6O/c1-3-4-5-8-17-37-26-10-7-6-9-25(26)28-29(37)33-30(36-34-28)35-32-19-23-18-24(31)15-16-27(23)38-20-22-13-11-21(2)12-14-22/h6-7,9-16,18-19H,3-5,8,17,20H2,1-2H3,(H,33,35,36)/b32-19+. The van der Waals surface area contributed by atoms with Crippen molar-refractivity contribution in [3.63, 3.8) is 0 Å². The third-order valence-electron chi connectivity index (χ3n) is 6.46. The molecule has 0 atom stereocenters. The molecule has 0 bridgehead atoms. The molecule has 5 aromatic rings. The quantitative estimate of drug-likeness (QED) is 0.100. The summed E-state index contributed by atoms with van der Waals surface area (Å²) in [6.45, 7) is 5.67. The Morgan fingerprint density at radius 3 is 2.68 bits per heavy atom. The second-order valence-corrected chi connectivity index (χ2v) is 10.3. The van der Waals surface area contributed by atoms with Gasteiger partial charge in [0.2, 0.25) is 0 Å². The molecule has 0 fully saturated rings. The van der Waals surface area contributed by atoms with Gasteiger partial charge in [-0.05, 0) is 43.2 Å². The molecule has 0 aliphatic rings. The van der Waals surface area contributed by atoms with Crippen LogP contribution in [0, 0.1) is 6.92 Å². The lowest BCUT2D eigenvalue weighted by Gasteiger charge is -2.10. The number of rotatable bonds is 11. The predicted octanol–water partition coefficient (Wildman–Crippen LogP) is 7.66. The number of nitrogens with one attached hydrogen (secondary N) is 1. The fourth-order valence-corrected chi connectivity index (χ4v) is 4.81. The van der Waals surface area contributed by atoms with E-state index in [1.54, 1.807) is 6.21 Å². The number of aryl methyl sites for hydroxylation is 2. The molecule has 0 aliphatic carbocycles. The second-order valence-electron chi connectivity index (χ2n) is 9.36. The molecular formula is C30H31BrN6O. The second kappa shape index (κ2) is 12.2. The minimum absolute atomic E-state index is 0.350. The highest BCUT2D eigenvalue weighted by Crippen LogP contribution is 2.27. The normalized spacial score (nSPS) is 11.6. The van der Waals surface area contributed by atoms with Crippen LogP contribution in [0.5, 0.6) is 5.75 Å². The maximum absolute atomic E-state index is 6.10. The van der Waals surface area contributed by atoms with Gasteiger partial charge in [-0.1, -0.05) is 90.1 Å². The van der Waals surface area contributed by atoms with Crippen LogP contribution in [0.4, 0.5) is 5.95 Å². The summed E-state index contributed by atoms with van der Waals surface area (Å²) in [5.74, 6) is 1.09. The average molecular weight is 572 g/mol. The molecule has 8 heteroatoms. The van der Waals surface area contributed by atoms with Crippen LogP contribution in [-0.2, 0) is 13.2 Å². The number of unbranched alkanes of at least 4 members (excludes halogenated alkanes) is 3. The van der Waals surface area contributed by atoms with Crippen molar-refractivity contribution in [1.29, 1.82) is 0 Å². The number of fused-ring (bicyclic) bond motifs is 3. The number of benzene rings is 3. The molecular weight excluding hydrogens is 540 g/mol. The van der Waals surface area contributed by atoms with Gasteiger partial charge in [0.25, 0.3) is 5.95 Å². The number of nitrogens with zero attached hydrogens (tertiary/aromatic N) is 5. The number of hydrogen-bond donors (Lipinski definition) is 1. The van der Waals surface area contributed by atoms with Gasteiger partial charge in [0.15, 0.2) is 5.65 Å². The molecule has 38 heavy (non-hydrogen) atoms. The molecule has 1 N–H and O–H groups in total. The van der Waals surface area contributed by atoms with Crippen LogP contribution in [0.1, 0.15) is 49.3 Å². The number of halogens is 1. The van der Waals surface area contributed by atoms with E-state index in [-0.39, 0.29) is 0 Å². The molecule has 0 saturated heterocycles. The van der Waals surface area contributed by atoms with Crippen LogP contribution in [0.25, 0.3) is 22.1 Å². The van der Waals surface area contributed by atoms with E-state index in [4.69, 9.17) is 9.72 Å². The fraction of sp³-hybridized carbons (Fsp3) is 0.267. The Hall–Kier alpha value is -3.78. The molecule has 194 valence electrons. The van der Waals surface area contributed by atoms with Gasteiger partial charge in [0.1, 0.15) is 17.9 Å². The first-order valence-corrected chi connectivity index (χ1v) is 13.8. The minimum Gasteiger partial charge on any atom is -0.488 e. The van der Waals surface area contributed by atoms with Gasteiger partial charge in [-0.25, -0.2) is 5.43 Å². The number of aromatic nitrogens is 4. The largest absolute Gasteiger partial charge is 0.488 e. The molecule has 0 aliphatic heterocycles. The Morgan fingerprint density at radius 1 is 1.00 bits per heavy atom. The van der Waals surface area contributed by atoms with Crippen LogP contribution in [-0.4, -0.2) is 26.0 Å². The molecule has 0 unspecified atom stereocenters. The monoisotopic (exact) mass is 570 g/mol. The van der Waals surface area contributed by atoms with E-state index in [1.165, 1.54) is 24.8 Å². The first-order valence-electron chi connectivity index (χ1n) is 13.0. The van der Waals surface area contributed by atoms with Crippen molar-refractivity contribution in [2.24, 2.45) is 5.10 Å². The Morgan fingerprint density at radius 2 is 1.84 bits per heavy atom. The van der Waals surface area contributed by atoms with Crippen LogP contribution < -0.4 is 10.2 Å². The molecule has 5 rings (SSSR count). The zero-order valence-corrected chi connectivity index (χ0v) is 23.3. The maximum Gasteiger partial charge on any atom is 0.265 e. The average Bonchev–Trinajstić information content (AvgIpc) is 3.24. The van der Waals surface area contributed by atoms with E-state index in [0.29, 0.717) is 12.6 Å². The zero-order valence-electron chi connectivity index (χ0n) is 21.7. The molecule has 2 heterocycles. The molecule has 0 radical (unpaired) electrons. The molecule has 7 nitrogen and oxygen atoms in total. The van der Waals surface area contributed by atoms with Gasteiger partial charge < -0.3 is 9.30 Å². The minimum atomic E-state index is 0.350. The molecule has 0 amide bonds. The highest BCUT2D eigenvalue weighted by Gasteiger charge is 2.14. The van der Waals surface area contributed by atoms with Gasteiger partial charge in [0.05, 0.1) is 11.7 Å². The number of ether oxygens (including phenoxy) is 1. The first kappa shape index (κ1) is 25.9. The lowest BCUT2D eigenvalue weighted by Crippen LogP contribution is -2.04. The topological polar surface area (TPSA) is 77.2 Å². The van der Waals surface area contributed by atoms with Gasteiger partial charge in [0, 0.05) is 22.0 Å². The van der Waals surface area contributed by atoms with Crippen molar-refractivity contribution in [2.45, 2.75) is 52.7 Å². The number of anilines is 1. The third-order valence-corrected chi connectivity index (χ3v) is 6.96. The summed E-state index contributed by atoms with van der Waals surface area (Å²) in [6.07, 6.45) is 6.45. The molecule has 2 aromatic heterocycles. The van der Waals surface area contributed by atoms with E-state index in [2.05, 4.69) is 97.5 Å². The van der Waals surface area contributed by atoms with Crippen molar-refractivity contribution in [1.82, 2.24) is 19.7 Å². The van der Waals surface area contributed by atoms with Crippen LogP contribution in [0.3, 0.4) is 0 Å². The van der Waals surface area contributed by atoms with E-state index in [9.17, 15) is 0 Å². The summed E-state index contributed by atoms with van der Waals surface area (Å²) in [5.41, 5.74) is 8.89. The van der Waals surface area contributed by atoms with Gasteiger partial charge in [-0.2, -0.15) is 10.1 Å². The number of para-hydroxylation sites is 1. The number of hydrogen-bond acceptors (Lipinski definition) is 6.